The Hall–Kier alpha value is -3.21. The van der Waals surface area contributed by atoms with E-state index in [0.29, 0.717) is 6.42 Å². The first-order valence-electron chi connectivity index (χ1n) is 26.7. The number of carbonyl (C=O) groups excluding carboxylic acids is 1. The first kappa shape index (κ1) is 60.8. The van der Waals surface area contributed by atoms with Gasteiger partial charge in [0.05, 0.1) is 18.8 Å². The number of unbranched alkanes of at least 4 members (excludes halogenated alkanes) is 22. The van der Waals surface area contributed by atoms with E-state index in [2.05, 4.69) is 129 Å². The summed E-state index contributed by atoms with van der Waals surface area (Å²) in [5, 5.41) is 23.1. The average Bonchev–Trinajstić information content (AvgIpc) is 3.30. The number of aliphatic hydroxyl groups is 2. The number of allylic oxidation sites excluding steroid dienone is 19. The van der Waals surface area contributed by atoms with E-state index < -0.39 is 12.1 Å². The Labute approximate surface area is 397 Å². The maximum absolute atomic E-state index is 12.4. The third kappa shape index (κ3) is 49.8. The molecule has 0 spiro atoms. The van der Waals surface area contributed by atoms with Gasteiger partial charge in [-0.05, 0) is 96.3 Å². The van der Waals surface area contributed by atoms with Crippen LogP contribution in [0.3, 0.4) is 0 Å². The normalized spacial score (nSPS) is 13.9. The molecule has 4 heteroatoms. The standard InChI is InChI=1S/C60H101NO3/c1-3-5-7-9-11-13-15-17-19-20-21-22-23-24-25-26-27-28-29-30-31-32-33-34-35-36-37-38-39-40-42-44-46-48-50-52-54-56-60(64)61-58(57-62)59(63)55-53-51-49-47-45-43-41-18-16-14-12-10-8-6-4-2/h5,7,11,13,17,19,21-22,24-25,27-28,30-31,33-34,45,47,53,55,58-59,62-63H,3-4,6,8-10,12,14-16,18,20,23,26,29,32,35-44,46,48-52,54,56-57H2,1-2H3,(H,61,64)/b7-5-,13-11-,19-17-,22-21-,25-24-,28-27-,31-30-,34-33-,47-45+,55-53+. The Balaban J connectivity index is 3.60. The molecule has 0 aromatic rings. The van der Waals surface area contributed by atoms with Crippen molar-refractivity contribution in [1.29, 1.82) is 0 Å². The smallest absolute Gasteiger partial charge is 0.220 e. The van der Waals surface area contributed by atoms with Crippen LogP contribution in [0.2, 0.25) is 0 Å². The van der Waals surface area contributed by atoms with Crippen molar-refractivity contribution in [1.82, 2.24) is 5.32 Å². The molecule has 0 aromatic carbocycles. The molecule has 0 aliphatic carbocycles. The minimum absolute atomic E-state index is 0.0810. The highest BCUT2D eigenvalue weighted by Gasteiger charge is 2.17. The highest BCUT2D eigenvalue weighted by Crippen LogP contribution is 2.14. The lowest BCUT2D eigenvalue weighted by Crippen LogP contribution is -2.45. The van der Waals surface area contributed by atoms with E-state index >= 15 is 0 Å². The fourth-order valence-electron chi connectivity index (χ4n) is 7.39. The molecule has 0 bridgehead atoms. The zero-order chi connectivity index (χ0) is 46.3. The molecule has 0 aromatic heterocycles. The van der Waals surface area contributed by atoms with Gasteiger partial charge in [0.2, 0.25) is 5.91 Å². The Morgan fingerprint density at radius 3 is 1.09 bits per heavy atom. The molecule has 4 nitrogen and oxygen atoms in total. The van der Waals surface area contributed by atoms with Gasteiger partial charge in [0, 0.05) is 6.42 Å². The van der Waals surface area contributed by atoms with Crippen molar-refractivity contribution >= 4 is 5.91 Å². The van der Waals surface area contributed by atoms with E-state index in [-0.39, 0.29) is 12.5 Å². The van der Waals surface area contributed by atoms with Crippen molar-refractivity contribution in [3.05, 3.63) is 122 Å². The second-order valence-electron chi connectivity index (χ2n) is 17.6. The van der Waals surface area contributed by atoms with Crippen LogP contribution in [0.4, 0.5) is 0 Å². The molecule has 1 amide bonds. The van der Waals surface area contributed by atoms with Crippen molar-refractivity contribution in [3.63, 3.8) is 0 Å². The van der Waals surface area contributed by atoms with Crippen LogP contribution >= 0.6 is 0 Å². The predicted octanol–water partition coefficient (Wildman–Crippen LogP) is 17.7. The van der Waals surface area contributed by atoms with E-state index in [4.69, 9.17) is 0 Å². The van der Waals surface area contributed by atoms with Gasteiger partial charge in [-0.2, -0.15) is 0 Å². The third-order valence-electron chi connectivity index (χ3n) is 11.4. The quantitative estimate of drug-likeness (QED) is 0.0421. The maximum atomic E-state index is 12.4. The minimum Gasteiger partial charge on any atom is -0.394 e. The summed E-state index contributed by atoms with van der Waals surface area (Å²) in [6, 6.07) is -0.647. The average molecular weight is 884 g/mol. The summed E-state index contributed by atoms with van der Waals surface area (Å²) >= 11 is 0. The molecule has 2 atom stereocenters. The van der Waals surface area contributed by atoms with Gasteiger partial charge in [0.1, 0.15) is 0 Å². The fourth-order valence-corrected chi connectivity index (χ4v) is 7.39. The molecule has 0 saturated carbocycles. The summed E-state index contributed by atoms with van der Waals surface area (Å²) in [4.78, 5) is 12.4. The summed E-state index contributed by atoms with van der Waals surface area (Å²) in [7, 11) is 0. The van der Waals surface area contributed by atoms with Crippen LogP contribution in [0.1, 0.15) is 232 Å². The summed E-state index contributed by atoms with van der Waals surface area (Å²) in [6.07, 6.45) is 83.4. The molecule has 0 fully saturated rings. The number of hydrogen-bond donors (Lipinski definition) is 3. The maximum Gasteiger partial charge on any atom is 0.220 e. The van der Waals surface area contributed by atoms with Gasteiger partial charge in [-0.15, -0.1) is 0 Å². The van der Waals surface area contributed by atoms with Crippen LogP contribution in [-0.4, -0.2) is 34.9 Å². The van der Waals surface area contributed by atoms with E-state index in [0.717, 1.165) is 83.5 Å². The Bertz CT molecular complexity index is 1280. The number of carbonyl (C=O) groups is 1. The van der Waals surface area contributed by atoms with Crippen LogP contribution in [0.15, 0.2) is 122 Å². The second kappa shape index (κ2) is 54.1. The third-order valence-corrected chi connectivity index (χ3v) is 11.4. The van der Waals surface area contributed by atoms with Crippen molar-refractivity contribution in [2.24, 2.45) is 0 Å². The van der Waals surface area contributed by atoms with Crippen LogP contribution in [0.5, 0.6) is 0 Å². The van der Waals surface area contributed by atoms with E-state index in [9.17, 15) is 15.0 Å². The monoisotopic (exact) mass is 884 g/mol. The molecule has 0 heterocycles. The van der Waals surface area contributed by atoms with Crippen molar-refractivity contribution in [3.8, 4) is 0 Å². The van der Waals surface area contributed by atoms with Gasteiger partial charge in [0.25, 0.3) is 0 Å². The van der Waals surface area contributed by atoms with Crippen LogP contribution in [0.25, 0.3) is 0 Å². The molecule has 3 N–H and O–H groups in total. The van der Waals surface area contributed by atoms with Gasteiger partial charge in [-0.1, -0.05) is 251 Å². The molecule has 0 aliphatic rings. The van der Waals surface area contributed by atoms with Gasteiger partial charge < -0.3 is 15.5 Å². The van der Waals surface area contributed by atoms with Crippen molar-refractivity contribution < 1.29 is 15.0 Å². The molecule has 64 heavy (non-hydrogen) atoms. The highest BCUT2D eigenvalue weighted by molar-refractivity contribution is 5.76. The lowest BCUT2D eigenvalue weighted by molar-refractivity contribution is -0.123. The fraction of sp³-hybridized carbons (Fsp3) is 0.650. The largest absolute Gasteiger partial charge is 0.394 e. The number of hydrogen-bond acceptors (Lipinski definition) is 3. The highest BCUT2D eigenvalue weighted by atomic mass is 16.3. The first-order chi connectivity index (χ1) is 31.7. The summed E-state index contributed by atoms with van der Waals surface area (Å²) in [6.45, 7) is 4.17. The second-order valence-corrected chi connectivity index (χ2v) is 17.6. The summed E-state index contributed by atoms with van der Waals surface area (Å²) in [5.41, 5.74) is 0. The Morgan fingerprint density at radius 1 is 0.391 bits per heavy atom. The lowest BCUT2D eigenvalue weighted by Gasteiger charge is -2.19. The summed E-state index contributed by atoms with van der Waals surface area (Å²) in [5.74, 6) is -0.0810. The van der Waals surface area contributed by atoms with E-state index in [1.54, 1.807) is 6.08 Å². The zero-order valence-corrected chi connectivity index (χ0v) is 41.8. The molecule has 364 valence electrons. The van der Waals surface area contributed by atoms with Crippen LogP contribution in [0, 0.1) is 0 Å². The Morgan fingerprint density at radius 2 is 0.703 bits per heavy atom. The van der Waals surface area contributed by atoms with E-state index in [1.807, 2.05) is 6.08 Å². The summed E-state index contributed by atoms with van der Waals surface area (Å²) < 4.78 is 0. The van der Waals surface area contributed by atoms with Crippen LogP contribution in [-0.2, 0) is 4.79 Å². The van der Waals surface area contributed by atoms with E-state index in [1.165, 1.54) is 128 Å². The predicted molar refractivity (Wildman–Crippen MR) is 285 cm³/mol. The minimum atomic E-state index is -0.869. The number of rotatable bonds is 47. The molecule has 2 unspecified atom stereocenters. The van der Waals surface area contributed by atoms with Crippen LogP contribution < -0.4 is 5.32 Å². The number of nitrogens with one attached hydrogen (secondary N) is 1. The molecular formula is C60H101NO3. The van der Waals surface area contributed by atoms with Gasteiger partial charge in [-0.25, -0.2) is 0 Å². The number of amides is 1. The molecule has 0 saturated heterocycles. The SMILES string of the molecule is CC/C=C\C/C=C\C/C=C\C/C=C\C/C=C\C/C=C\C/C=C\C/C=C\CCCCCCCCCCCCCCC(=O)NC(CO)C(O)/C=C/CC/C=C/CCCCCCCCCCC. The zero-order valence-electron chi connectivity index (χ0n) is 41.8. The van der Waals surface area contributed by atoms with Gasteiger partial charge in [0.15, 0.2) is 0 Å². The molecule has 0 rings (SSSR count). The number of aliphatic hydroxyl groups excluding tert-OH is 2. The first-order valence-corrected chi connectivity index (χ1v) is 26.7. The van der Waals surface area contributed by atoms with Gasteiger partial charge in [-0.3, -0.25) is 4.79 Å². The van der Waals surface area contributed by atoms with Gasteiger partial charge >= 0.3 is 0 Å². The molecular weight excluding hydrogens is 783 g/mol. The molecule has 0 aliphatic heterocycles. The Kier molecular flexibility index (Phi) is 51.4. The van der Waals surface area contributed by atoms with Crippen molar-refractivity contribution in [2.75, 3.05) is 6.61 Å². The van der Waals surface area contributed by atoms with Crippen molar-refractivity contribution in [2.45, 2.75) is 244 Å². The molecule has 0 radical (unpaired) electrons. The lowest BCUT2D eigenvalue weighted by atomic mass is 10.0. The topological polar surface area (TPSA) is 69.6 Å².